The highest BCUT2D eigenvalue weighted by Gasteiger charge is 2.51. The van der Waals surface area contributed by atoms with Crippen LogP contribution in [-0.2, 0) is 22.3 Å². The standard InChI is InChI=1S/C12H6F9NO2/c13-10(14,15)7-3-1-6(2-4-7)5-22(8(23)11(16,17)18)9(24)12(19,20)21/h1-4H,5H2. The fourth-order valence-electron chi connectivity index (χ4n) is 1.52. The van der Waals surface area contributed by atoms with Gasteiger partial charge in [-0.2, -0.15) is 39.5 Å². The molecule has 0 bridgehead atoms. The van der Waals surface area contributed by atoms with E-state index < -0.39 is 52.9 Å². The van der Waals surface area contributed by atoms with Gasteiger partial charge in [-0.3, -0.25) is 14.5 Å². The third kappa shape index (κ3) is 4.86. The minimum Gasteiger partial charge on any atom is -0.264 e. The van der Waals surface area contributed by atoms with Gasteiger partial charge in [0.25, 0.3) is 0 Å². The molecule has 2 amide bonds. The first-order valence-corrected chi connectivity index (χ1v) is 5.80. The molecular formula is C12H6F9NO2. The monoisotopic (exact) mass is 367 g/mol. The summed E-state index contributed by atoms with van der Waals surface area (Å²) in [6, 6.07) is 1.90. The van der Waals surface area contributed by atoms with Crippen molar-refractivity contribution in [2.24, 2.45) is 0 Å². The number of hydrogen-bond donors (Lipinski definition) is 0. The average Bonchev–Trinajstić information content (AvgIpc) is 2.40. The summed E-state index contributed by atoms with van der Waals surface area (Å²) in [6.07, 6.45) is -16.3. The van der Waals surface area contributed by atoms with Crippen LogP contribution in [0.5, 0.6) is 0 Å². The molecule has 0 unspecified atom stereocenters. The maximum absolute atomic E-state index is 12.3. The normalized spacial score (nSPS) is 12.9. The SMILES string of the molecule is O=C(N(Cc1ccc(C(F)(F)F)cc1)C(=O)C(F)(F)F)C(F)(F)F. The van der Waals surface area contributed by atoms with Crippen molar-refractivity contribution < 1.29 is 49.1 Å². The Balaban J connectivity index is 3.14. The Morgan fingerprint density at radius 1 is 0.750 bits per heavy atom. The van der Waals surface area contributed by atoms with E-state index in [1.54, 1.807) is 0 Å². The van der Waals surface area contributed by atoms with Crippen LogP contribution in [0.3, 0.4) is 0 Å². The first kappa shape index (κ1) is 19.8. The lowest BCUT2D eigenvalue weighted by molar-refractivity contribution is -0.204. The second-order valence-corrected chi connectivity index (χ2v) is 4.39. The molecule has 0 radical (unpaired) electrons. The summed E-state index contributed by atoms with van der Waals surface area (Å²) in [4.78, 5) is 20.8. The van der Waals surface area contributed by atoms with Crippen LogP contribution >= 0.6 is 0 Å². The zero-order valence-corrected chi connectivity index (χ0v) is 11.2. The van der Waals surface area contributed by atoms with E-state index in [0.717, 1.165) is 0 Å². The van der Waals surface area contributed by atoms with Crippen molar-refractivity contribution in [1.82, 2.24) is 4.90 Å². The quantitative estimate of drug-likeness (QED) is 0.748. The van der Waals surface area contributed by atoms with Gasteiger partial charge in [-0.15, -0.1) is 0 Å². The molecule has 0 atom stereocenters. The molecule has 1 rings (SSSR count). The van der Waals surface area contributed by atoms with Crippen molar-refractivity contribution in [2.75, 3.05) is 0 Å². The van der Waals surface area contributed by atoms with Crippen molar-refractivity contribution in [1.29, 1.82) is 0 Å². The Morgan fingerprint density at radius 2 is 1.12 bits per heavy atom. The third-order valence-corrected chi connectivity index (χ3v) is 2.60. The van der Waals surface area contributed by atoms with Crippen LogP contribution in [0.1, 0.15) is 11.1 Å². The molecule has 0 saturated heterocycles. The van der Waals surface area contributed by atoms with Gasteiger partial charge in [-0.25, -0.2) is 0 Å². The molecule has 24 heavy (non-hydrogen) atoms. The zero-order chi connectivity index (χ0) is 18.9. The number of nitrogens with zero attached hydrogens (tertiary/aromatic N) is 1. The highest BCUT2D eigenvalue weighted by Crippen LogP contribution is 2.30. The smallest absolute Gasteiger partial charge is 0.264 e. The van der Waals surface area contributed by atoms with E-state index >= 15 is 0 Å². The van der Waals surface area contributed by atoms with Crippen molar-refractivity contribution in [3.05, 3.63) is 35.4 Å². The van der Waals surface area contributed by atoms with E-state index in [1.165, 1.54) is 0 Å². The fourth-order valence-corrected chi connectivity index (χ4v) is 1.52. The fraction of sp³-hybridized carbons (Fsp3) is 0.333. The molecule has 134 valence electrons. The molecule has 0 aliphatic rings. The number of rotatable bonds is 2. The predicted molar refractivity (Wildman–Crippen MR) is 59.1 cm³/mol. The number of carbonyl (C=O) groups is 2. The van der Waals surface area contributed by atoms with Crippen LogP contribution in [0.4, 0.5) is 39.5 Å². The van der Waals surface area contributed by atoms with Crippen LogP contribution in [-0.4, -0.2) is 29.1 Å². The number of carbonyl (C=O) groups excluding carboxylic acids is 2. The van der Waals surface area contributed by atoms with Crippen molar-refractivity contribution >= 4 is 11.8 Å². The van der Waals surface area contributed by atoms with E-state index in [4.69, 9.17) is 0 Å². The number of hydrogen-bond acceptors (Lipinski definition) is 2. The van der Waals surface area contributed by atoms with Gasteiger partial charge >= 0.3 is 30.3 Å². The van der Waals surface area contributed by atoms with E-state index in [-0.39, 0.29) is 0 Å². The Kier molecular flexibility index (Phi) is 5.21. The number of benzene rings is 1. The molecule has 0 fully saturated rings. The third-order valence-electron chi connectivity index (χ3n) is 2.60. The number of imide groups is 1. The highest BCUT2D eigenvalue weighted by molar-refractivity contribution is 6.00. The summed E-state index contributed by atoms with van der Waals surface area (Å²) in [7, 11) is 0. The van der Waals surface area contributed by atoms with Crippen LogP contribution in [0.25, 0.3) is 0 Å². The summed E-state index contributed by atoms with van der Waals surface area (Å²) in [6.45, 7) is -1.49. The molecule has 0 N–H and O–H groups in total. The van der Waals surface area contributed by atoms with Crippen molar-refractivity contribution in [2.45, 2.75) is 25.1 Å². The summed E-state index contributed by atoms with van der Waals surface area (Å²) < 4.78 is 111. The Bertz CT molecular complexity index is 587. The topological polar surface area (TPSA) is 37.4 Å². The maximum Gasteiger partial charge on any atom is 0.471 e. The second kappa shape index (κ2) is 6.32. The minimum atomic E-state index is -5.77. The zero-order valence-electron chi connectivity index (χ0n) is 11.2. The molecule has 0 aromatic heterocycles. The van der Waals surface area contributed by atoms with E-state index in [0.29, 0.717) is 24.3 Å². The molecule has 1 aromatic carbocycles. The molecule has 0 aliphatic heterocycles. The molecule has 0 aliphatic carbocycles. The van der Waals surface area contributed by atoms with Gasteiger partial charge in [0.05, 0.1) is 12.1 Å². The van der Waals surface area contributed by atoms with Crippen LogP contribution in [0.15, 0.2) is 24.3 Å². The maximum atomic E-state index is 12.3. The van der Waals surface area contributed by atoms with Crippen LogP contribution in [0, 0.1) is 0 Å². The van der Waals surface area contributed by atoms with Gasteiger partial charge in [-0.05, 0) is 17.7 Å². The average molecular weight is 367 g/mol. The summed E-state index contributed by atoms with van der Waals surface area (Å²) >= 11 is 0. The molecule has 0 saturated carbocycles. The highest BCUT2D eigenvalue weighted by atomic mass is 19.4. The first-order chi connectivity index (χ1) is 10.6. The Hall–Kier alpha value is -2.27. The Labute approximate surface area is 127 Å². The van der Waals surface area contributed by atoms with Crippen molar-refractivity contribution in [3.8, 4) is 0 Å². The van der Waals surface area contributed by atoms with Gasteiger partial charge in [0.2, 0.25) is 0 Å². The lowest BCUT2D eigenvalue weighted by atomic mass is 10.1. The lowest BCUT2D eigenvalue weighted by Gasteiger charge is -2.23. The number of amides is 2. The molecule has 1 aromatic rings. The second-order valence-electron chi connectivity index (χ2n) is 4.39. The van der Waals surface area contributed by atoms with Gasteiger partial charge < -0.3 is 0 Å². The predicted octanol–water partition coefficient (Wildman–Crippen LogP) is 3.69. The summed E-state index contributed by atoms with van der Waals surface area (Å²) in [5.74, 6) is -6.16. The largest absolute Gasteiger partial charge is 0.471 e. The molecule has 12 heteroatoms. The Morgan fingerprint density at radius 3 is 1.42 bits per heavy atom. The van der Waals surface area contributed by atoms with Crippen LogP contribution in [0.2, 0.25) is 0 Å². The summed E-state index contributed by atoms with van der Waals surface area (Å²) in [5, 5.41) is 0. The molecule has 3 nitrogen and oxygen atoms in total. The van der Waals surface area contributed by atoms with E-state index in [1.807, 2.05) is 0 Å². The van der Waals surface area contributed by atoms with E-state index in [9.17, 15) is 49.1 Å². The van der Waals surface area contributed by atoms with Gasteiger partial charge in [-0.1, -0.05) is 12.1 Å². The van der Waals surface area contributed by atoms with Gasteiger partial charge in [0.15, 0.2) is 0 Å². The lowest BCUT2D eigenvalue weighted by Crippen LogP contribution is -2.49. The number of halogens is 9. The van der Waals surface area contributed by atoms with Crippen molar-refractivity contribution in [3.63, 3.8) is 0 Å². The van der Waals surface area contributed by atoms with Gasteiger partial charge in [0.1, 0.15) is 0 Å². The minimum absolute atomic E-state index is 0.393. The number of alkyl halides is 9. The molecular weight excluding hydrogens is 361 g/mol. The molecule has 0 spiro atoms. The summed E-state index contributed by atoms with van der Waals surface area (Å²) in [5.41, 5.74) is -1.74. The van der Waals surface area contributed by atoms with E-state index in [2.05, 4.69) is 0 Å². The van der Waals surface area contributed by atoms with Crippen LogP contribution < -0.4 is 0 Å². The van der Waals surface area contributed by atoms with Gasteiger partial charge in [0, 0.05) is 0 Å². The molecule has 0 heterocycles. The first-order valence-electron chi connectivity index (χ1n) is 5.80.